The van der Waals surface area contributed by atoms with Gasteiger partial charge in [0.2, 0.25) is 5.91 Å². The lowest BCUT2D eigenvalue weighted by molar-refractivity contribution is -0.121. The molecule has 124 valence electrons. The molecular weight excluding hydrogens is 294 g/mol. The molecule has 1 heterocycles. The Morgan fingerprint density at radius 3 is 2.78 bits per heavy atom. The van der Waals surface area contributed by atoms with Crippen LogP contribution in [0, 0.1) is 6.92 Å². The second-order valence-corrected chi connectivity index (χ2v) is 5.73. The Morgan fingerprint density at radius 1 is 1.39 bits per heavy atom. The molecule has 5 nitrogen and oxygen atoms in total. The number of nitrogens with one attached hydrogen (secondary N) is 1. The molecule has 0 radical (unpaired) electrons. The second-order valence-electron chi connectivity index (χ2n) is 5.73. The van der Waals surface area contributed by atoms with E-state index < -0.39 is 0 Å². The fourth-order valence-corrected chi connectivity index (χ4v) is 2.48. The molecule has 1 amide bonds. The monoisotopic (exact) mass is 317 g/mol. The number of rotatable bonds is 6. The molecule has 0 bridgehead atoms. The zero-order valence-electron chi connectivity index (χ0n) is 14.1. The number of benzene rings is 1. The van der Waals surface area contributed by atoms with Gasteiger partial charge < -0.3 is 14.5 Å². The van der Waals surface area contributed by atoms with E-state index in [0.29, 0.717) is 23.3 Å². The van der Waals surface area contributed by atoms with Crippen molar-refractivity contribution in [1.82, 2.24) is 5.32 Å². The fraction of sp³-hybridized carbons (Fsp3) is 0.444. The number of carbonyl (C=O) groups excluding carboxylic acids is 1. The number of carbonyl (C=O) groups is 1. The van der Waals surface area contributed by atoms with Gasteiger partial charge in [-0.3, -0.25) is 4.79 Å². The highest BCUT2D eigenvalue weighted by atomic mass is 16.5. The zero-order valence-corrected chi connectivity index (χ0v) is 14.1. The van der Waals surface area contributed by atoms with Crippen molar-refractivity contribution >= 4 is 16.9 Å². The molecule has 0 fully saturated rings. The van der Waals surface area contributed by atoms with E-state index in [9.17, 15) is 9.59 Å². The summed E-state index contributed by atoms with van der Waals surface area (Å²) in [5.74, 6) is 0.591. The van der Waals surface area contributed by atoms with E-state index in [4.69, 9.17) is 9.15 Å². The fourth-order valence-electron chi connectivity index (χ4n) is 2.48. The van der Waals surface area contributed by atoms with Crippen molar-refractivity contribution in [2.75, 3.05) is 7.11 Å². The van der Waals surface area contributed by atoms with Crippen LogP contribution in [0.2, 0.25) is 0 Å². The van der Waals surface area contributed by atoms with Gasteiger partial charge in [0.1, 0.15) is 11.3 Å². The zero-order chi connectivity index (χ0) is 17.0. The molecule has 2 aromatic rings. The molecule has 1 aromatic carbocycles. The van der Waals surface area contributed by atoms with E-state index in [2.05, 4.69) is 5.32 Å². The topological polar surface area (TPSA) is 68.5 Å². The minimum Gasteiger partial charge on any atom is -0.497 e. The summed E-state index contributed by atoms with van der Waals surface area (Å²) in [5, 5.41) is 3.77. The lowest BCUT2D eigenvalue weighted by Crippen LogP contribution is -2.32. The van der Waals surface area contributed by atoms with Gasteiger partial charge >= 0.3 is 5.63 Å². The van der Waals surface area contributed by atoms with Crippen molar-refractivity contribution in [1.29, 1.82) is 0 Å². The molecular formula is C18H23NO4. The Bertz CT molecular complexity index is 763. The molecule has 1 unspecified atom stereocenters. The number of hydrogen-bond donors (Lipinski definition) is 1. The molecule has 1 aromatic heterocycles. The molecule has 23 heavy (non-hydrogen) atoms. The summed E-state index contributed by atoms with van der Waals surface area (Å²) in [7, 11) is 1.57. The number of hydrogen-bond acceptors (Lipinski definition) is 4. The summed E-state index contributed by atoms with van der Waals surface area (Å²) < 4.78 is 10.5. The van der Waals surface area contributed by atoms with Crippen LogP contribution in [0.15, 0.2) is 27.4 Å². The van der Waals surface area contributed by atoms with E-state index in [1.165, 1.54) is 0 Å². The average molecular weight is 317 g/mol. The summed E-state index contributed by atoms with van der Waals surface area (Å²) >= 11 is 0. The number of aryl methyl sites for hydroxylation is 1. The Kier molecular flexibility index (Phi) is 5.42. The van der Waals surface area contributed by atoms with Gasteiger partial charge in [0.15, 0.2) is 0 Å². The average Bonchev–Trinajstić information content (AvgIpc) is 2.53. The summed E-state index contributed by atoms with van der Waals surface area (Å²) in [4.78, 5) is 24.1. The third-order valence-corrected chi connectivity index (χ3v) is 4.12. The first-order valence-electron chi connectivity index (χ1n) is 7.86. The maximum Gasteiger partial charge on any atom is 0.339 e. The molecule has 0 aliphatic carbocycles. The van der Waals surface area contributed by atoms with E-state index in [1.54, 1.807) is 13.2 Å². The normalized spacial score (nSPS) is 12.2. The predicted octanol–water partition coefficient (Wildman–Crippen LogP) is 2.96. The highest BCUT2D eigenvalue weighted by Gasteiger charge is 2.14. The summed E-state index contributed by atoms with van der Waals surface area (Å²) in [6.07, 6.45) is 1.53. The van der Waals surface area contributed by atoms with Crippen molar-refractivity contribution in [2.45, 2.75) is 46.1 Å². The quantitative estimate of drug-likeness (QED) is 0.832. The van der Waals surface area contributed by atoms with Crippen LogP contribution in [0.3, 0.4) is 0 Å². The SMILES string of the molecule is CCC(C)NC(=O)CCc1c(C)c2ccc(OC)cc2oc1=O. The molecule has 0 saturated carbocycles. The maximum atomic E-state index is 12.2. The van der Waals surface area contributed by atoms with Gasteiger partial charge in [-0.25, -0.2) is 4.79 Å². The summed E-state index contributed by atoms with van der Waals surface area (Å²) in [6.45, 7) is 5.86. The van der Waals surface area contributed by atoms with Gasteiger partial charge in [0.05, 0.1) is 7.11 Å². The highest BCUT2D eigenvalue weighted by molar-refractivity contribution is 5.82. The van der Waals surface area contributed by atoms with Crippen molar-refractivity contribution in [3.05, 3.63) is 39.7 Å². The van der Waals surface area contributed by atoms with E-state index in [1.807, 2.05) is 32.9 Å². The Labute approximate surface area is 135 Å². The third kappa shape index (κ3) is 3.92. The lowest BCUT2D eigenvalue weighted by atomic mass is 10.0. The molecule has 1 N–H and O–H groups in total. The minimum absolute atomic E-state index is 0.0482. The van der Waals surface area contributed by atoms with Gasteiger partial charge in [-0.15, -0.1) is 0 Å². The van der Waals surface area contributed by atoms with Crippen LogP contribution in [-0.4, -0.2) is 19.1 Å². The molecule has 0 saturated heterocycles. The van der Waals surface area contributed by atoms with E-state index >= 15 is 0 Å². The van der Waals surface area contributed by atoms with Crippen LogP contribution in [0.5, 0.6) is 5.75 Å². The first-order valence-corrected chi connectivity index (χ1v) is 7.86. The van der Waals surface area contributed by atoms with Gasteiger partial charge in [0.25, 0.3) is 0 Å². The highest BCUT2D eigenvalue weighted by Crippen LogP contribution is 2.24. The number of ether oxygens (including phenoxy) is 1. The van der Waals surface area contributed by atoms with Gasteiger partial charge in [0, 0.05) is 29.5 Å². The lowest BCUT2D eigenvalue weighted by Gasteiger charge is -2.12. The van der Waals surface area contributed by atoms with Crippen LogP contribution in [0.4, 0.5) is 0 Å². The number of amides is 1. The molecule has 1 atom stereocenters. The maximum absolute atomic E-state index is 12.2. The summed E-state index contributed by atoms with van der Waals surface area (Å²) in [6, 6.07) is 5.54. The Hall–Kier alpha value is -2.30. The standard InChI is InChI=1S/C18H23NO4/c1-5-11(2)19-17(20)9-8-15-12(3)14-7-6-13(22-4)10-16(14)23-18(15)21/h6-7,10-11H,5,8-9H2,1-4H3,(H,19,20). The smallest absolute Gasteiger partial charge is 0.339 e. The molecule has 5 heteroatoms. The van der Waals surface area contributed by atoms with Crippen molar-refractivity contribution < 1.29 is 13.9 Å². The van der Waals surface area contributed by atoms with Crippen molar-refractivity contribution in [2.24, 2.45) is 0 Å². The van der Waals surface area contributed by atoms with Crippen LogP contribution in [-0.2, 0) is 11.2 Å². The Balaban J connectivity index is 2.24. The van der Waals surface area contributed by atoms with Crippen LogP contribution >= 0.6 is 0 Å². The number of fused-ring (bicyclic) bond motifs is 1. The van der Waals surface area contributed by atoms with Crippen molar-refractivity contribution in [3.63, 3.8) is 0 Å². The molecule has 2 rings (SSSR count). The van der Waals surface area contributed by atoms with Crippen LogP contribution in [0.25, 0.3) is 11.0 Å². The van der Waals surface area contributed by atoms with Gasteiger partial charge in [-0.2, -0.15) is 0 Å². The second kappa shape index (κ2) is 7.31. The minimum atomic E-state index is -0.389. The van der Waals surface area contributed by atoms with Crippen LogP contribution < -0.4 is 15.7 Å². The van der Waals surface area contributed by atoms with Gasteiger partial charge in [-0.05, 0) is 44.4 Å². The number of methoxy groups -OCH3 is 1. The van der Waals surface area contributed by atoms with Gasteiger partial charge in [-0.1, -0.05) is 6.92 Å². The first-order chi connectivity index (χ1) is 11.0. The first kappa shape index (κ1) is 17.1. The summed E-state index contributed by atoms with van der Waals surface area (Å²) in [5.41, 5.74) is 1.52. The van der Waals surface area contributed by atoms with E-state index in [-0.39, 0.29) is 24.0 Å². The molecule has 0 aliphatic rings. The Morgan fingerprint density at radius 2 is 2.13 bits per heavy atom. The largest absolute Gasteiger partial charge is 0.497 e. The predicted molar refractivity (Wildman–Crippen MR) is 90.0 cm³/mol. The van der Waals surface area contributed by atoms with Crippen LogP contribution in [0.1, 0.15) is 37.8 Å². The molecule has 0 aliphatic heterocycles. The third-order valence-electron chi connectivity index (χ3n) is 4.12. The molecule has 0 spiro atoms. The van der Waals surface area contributed by atoms with E-state index in [0.717, 1.165) is 17.4 Å². The van der Waals surface area contributed by atoms with Crippen molar-refractivity contribution in [3.8, 4) is 5.75 Å².